The lowest BCUT2D eigenvalue weighted by molar-refractivity contribution is -0.117. The minimum absolute atomic E-state index is 0.101. The molecule has 1 aromatic rings. The van der Waals surface area contributed by atoms with Crippen LogP contribution in [0, 0.1) is 11.7 Å². The van der Waals surface area contributed by atoms with Crippen LogP contribution in [0.25, 0.3) is 0 Å². The Morgan fingerprint density at radius 3 is 2.58 bits per heavy atom. The molecule has 1 saturated carbocycles. The van der Waals surface area contributed by atoms with Crippen molar-refractivity contribution >= 4 is 17.3 Å². The van der Waals surface area contributed by atoms with Crippen LogP contribution in [0.5, 0.6) is 0 Å². The first-order valence-corrected chi connectivity index (χ1v) is 7.00. The smallest absolute Gasteiger partial charge is 0.224 e. The van der Waals surface area contributed by atoms with E-state index >= 15 is 0 Å². The monoisotopic (exact) mass is 264 g/mol. The second kappa shape index (κ2) is 6.55. The maximum atomic E-state index is 13.6. The topological polar surface area (TPSA) is 55.1 Å². The van der Waals surface area contributed by atoms with Gasteiger partial charge in [-0.2, -0.15) is 0 Å². The van der Waals surface area contributed by atoms with Crippen molar-refractivity contribution in [3.8, 4) is 0 Å². The highest BCUT2D eigenvalue weighted by molar-refractivity contribution is 5.91. The van der Waals surface area contributed by atoms with Crippen LogP contribution in [0.1, 0.15) is 44.9 Å². The van der Waals surface area contributed by atoms with Crippen molar-refractivity contribution in [2.75, 3.05) is 11.1 Å². The molecule has 0 spiro atoms. The van der Waals surface area contributed by atoms with E-state index in [1.165, 1.54) is 37.8 Å². The number of nitrogens with two attached hydrogens (primary N) is 1. The lowest BCUT2D eigenvalue weighted by Gasteiger charge is -2.14. The fraction of sp³-hybridized carbons (Fsp3) is 0.533. The number of amides is 1. The third-order valence-electron chi connectivity index (χ3n) is 3.72. The quantitative estimate of drug-likeness (QED) is 0.646. The summed E-state index contributed by atoms with van der Waals surface area (Å²) in [6.07, 6.45) is 7.65. The molecule has 0 heterocycles. The minimum atomic E-state index is -0.478. The molecule has 3 nitrogen and oxygen atoms in total. The number of carbonyl (C=O) groups excluding carboxylic acids is 1. The Morgan fingerprint density at radius 1 is 1.26 bits per heavy atom. The van der Waals surface area contributed by atoms with Gasteiger partial charge in [0.1, 0.15) is 5.82 Å². The maximum Gasteiger partial charge on any atom is 0.224 e. The molecule has 1 aliphatic carbocycles. The zero-order valence-corrected chi connectivity index (χ0v) is 11.1. The molecule has 1 aromatic carbocycles. The molecule has 0 saturated heterocycles. The molecule has 2 rings (SSSR count). The van der Waals surface area contributed by atoms with Gasteiger partial charge in [-0.05, 0) is 37.0 Å². The van der Waals surface area contributed by atoms with E-state index in [9.17, 15) is 9.18 Å². The Labute approximate surface area is 113 Å². The van der Waals surface area contributed by atoms with E-state index in [2.05, 4.69) is 5.32 Å². The average molecular weight is 264 g/mol. The number of halogens is 1. The summed E-state index contributed by atoms with van der Waals surface area (Å²) in [7, 11) is 0. The van der Waals surface area contributed by atoms with E-state index < -0.39 is 5.82 Å². The Bertz CT molecular complexity index is 440. The molecule has 4 heteroatoms. The van der Waals surface area contributed by atoms with Gasteiger partial charge in [0, 0.05) is 12.1 Å². The Balaban J connectivity index is 1.89. The van der Waals surface area contributed by atoms with Crippen LogP contribution >= 0.6 is 0 Å². The molecule has 19 heavy (non-hydrogen) atoms. The van der Waals surface area contributed by atoms with Gasteiger partial charge in [-0.15, -0.1) is 0 Å². The summed E-state index contributed by atoms with van der Waals surface area (Å²) in [5, 5.41) is 2.64. The first-order valence-electron chi connectivity index (χ1n) is 7.00. The van der Waals surface area contributed by atoms with Gasteiger partial charge in [-0.25, -0.2) is 4.39 Å². The lowest BCUT2D eigenvalue weighted by atomic mass is 9.96. The molecule has 0 aromatic heterocycles. The second-order valence-electron chi connectivity index (χ2n) is 5.35. The third kappa shape index (κ3) is 4.23. The zero-order chi connectivity index (χ0) is 13.7. The number of nitrogens with one attached hydrogen (secondary N) is 1. The highest BCUT2D eigenvalue weighted by atomic mass is 19.1. The Kier molecular flexibility index (Phi) is 4.77. The van der Waals surface area contributed by atoms with Gasteiger partial charge in [0.25, 0.3) is 0 Å². The van der Waals surface area contributed by atoms with E-state index in [1.807, 2.05) is 0 Å². The van der Waals surface area contributed by atoms with Gasteiger partial charge in [0.05, 0.1) is 5.69 Å². The lowest BCUT2D eigenvalue weighted by Crippen LogP contribution is -2.17. The largest absolute Gasteiger partial charge is 0.399 e. The van der Waals surface area contributed by atoms with Crippen LogP contribution in [-0.2, 0) is 4.79 Å². The molecule has 0 aliphatic heterocycles. The van der Waals surface area contributed by atoms with Crippen molar-refractivity contribution in [1.82, 2.24) is 0 Å². The predicted molar refractivity (Wildman–Crippen MR) is 75.3 cm³/mol. The number of carbonyl (C=O) groups is 1. The molecule has 1 aliphatic rings. The molecule has 104 valence electrons. The van der Waals surface area contributed by atoms with Crippen LogP contribution in [-0.4, -0.2) is 5.91 Å². The normalized spacial score (nSPS) is 16.9. The van der Waals surface area contributed by atoms with Gasteiger partial charge >= 0.3 is 0 Å². The molecule has 0 bridgehead atoms. The summed E-state index contributed by atoms with van der Waals surface area (Å²) in [6.45, 7) is 0. The maximum absolute atomic E-state index is 13.6. The van der Waals surface area contributed by atoms with Gasteiger partial charge in [-0.1, -0.05) is 25.7 Å². The van der Waals surface area contributed by atoms with Gasteiger partial charge in [0.2, 0.25) is 5.91 Å². The molecule has 1 fully saturated rings. The highest BCUT2D eigenvalue weighted by Crippen LogP contribution is 2.26. The van der Waals surface area contributed by atoms with Crippen LogP contribution < -0.4 is 11.1 Å². The summed E-state index contributed by atoms with van der Waals surface area (Å²) < 4.78 is 13.6. The fourth-order valence-corrected chi connectivity index (χ4v) is 2.66. The summed E-state index contributed by atoms with van der Waals surface area (Å²) in [5.74, 6) is -0.135. The molecular formula is C15H21FN2O. The van der Waals surface area contributed by atoms with Crippen LogP contribution in [0.2, 0.25) is 0 Å². The molecular weight excluding hydrogens is 243 g/mol. The van der Waals surface area contributed by atoms with Crippen molar-refractivity contribution in [2.24, 2.45) is 5.92 Å². The van der Waals surface area contributed by atoms with Crippen molar-refractivity contribution in [3.63, 3.8) is 0 Å². The first kappa shape index (κ1) is 13.8. The number of benzene rings is 1. The Hall–Kier alpha value is -1.58. The number of nitrogen functional groups attached to an aromatic ring is 1. The minimum Gasteiger partial charge on any atom is -0.399 e. The number of hydrogen-bond acceptors (Lipinski definition) is 2. The van der Waals surface area contributed by atoms with Crippen LogP contribution in [0.3, 0.4) is 0 Å². The average Bonchev–Trinajstić information content (AvgIpc) is 2.61. The summed E-state index contributed by atoms with van der Waals surface area (Å²) in [4.78, 5) is 11.9. The van der Waals surface area contributed by atoms with Gasteiger partial charge < -0.3 is 11.1 Å². The van der Waals surface area contributed by atoms with Gasteiger partial charge in [0.15, 0.2) is 0 Å². The zero-order valence-electron chi connectivity index (χ0n) is 11.1. The summed E-state index contributed by atoms with van der Waals surface area (Å²) >= 11 is 0. The molecule has 3 N–H and O–H groups in total. The third-order valence-corrected chi connectivity index (χ3v) is 3.72. The van der Waals surface area contributed by atoms with E-state index in [1.54, 1.807) is 6.07 Å². The molecule has 0 unspecified atom stereocenters. The van der Waals surface area contributed by atoms with E-state index in [0.29, 0.717) is 18.0 Å². The fourth-order valence-electron chi connectivity index (χ4n) is 2.66. The summed E-state index contributed by atoms with van der Waals surface area (Å²) in [5.41, 5.74) is 6.05. The van der Waals surface area contributed by atoms with Crippen molar-refractivity contribution in [3.05, 3.63) is 24.0 Å². The van der Waals surface area contributed by atoms with Crippen molar-refractivity contribution in [1.29, 1.82) is 0 Å². The summed E-state index contributed by atoms with van der Waals surface area (Å²) in [6, 6.07) is 4.32. The van der Waals surface area contributed by atoms with Crippen LogP contribution in [0.4, 0.5) is 15.8 Å². The molecule has 1 amide bonds. The van der Waals surface area contributed by atoms with E-state index in [-0.39, 0.29) is 11.6 Å². The number of hydrogen-bond donors (Lipinski definition) is 2. The molecule has 0 radical (unpaired) electrons. The number of anilines is 2. The number of rotatable bonds is 3. The SMILES string of the molecule is Nc1ccc(NC(=O)CC2CCCCCC2)c(F)c1. The van der Waals surface area contributed by atoms with E-state index in [4.69, 9.17) is 5.73 Å². The van der Waals surface area contributed by atoms with Gasteiger partial charge in [-0.3, -0.25) is 4.79 Å². The highest BCUT2D eigenvalue weighted by Gasteiger charge is 2.16. The standard InChI is InChI=1S/C15H21FN2O/c16-13-10-12(17)7-8-14(13)18-15(19)9-11-5-3-1-2-4-6-11/h7-8,10-11H,1-6,9,17H2,(H,18,19). The second-order valence-corrected chi connectivity index (χ2v) is 5.35. The Morgan fingerprint density at radius 2 is 1.95 bits per heavy atom. The van der Waals surface area contributed by atoms with Crippen molar-refractivity contribution < 1.29 is 9.18 Å². The van der Waals surface area contributed by atoms with Crippen LogP contribution in [0.15, 0.2) is 18.2 Å². The first-order chi connectivity index (χ1) is 9.15. The molecule has 0 atom stereocenters. The van der Waals surface area contributed by atoms with Crippen molar-refractivity contribution in [2.45, 2.75) is 44.9 Å². The predicted octanol–water partition coefficient (Wildman–Crippen LogP) is 3.71. The van der Waals surface area contributed by atoms with E-state index in [0.717, 1.165) is 12.8 Å².